The summed E-state index contributed by atoms with van der Waals surface area (Å²) in [5.41, 5.74) is 2.62. The van der Waals surface area contributed by atoms with Gasteiger partial charge in [-0.15, -0.1) is 0 Å². The predicted molar refractivity (Wildman–Crippen MR) is 75.1 cm³/mol. The summed E-state index contributed by atoms with van der Waals surface area (Å²) in [6.07, 6.45) is 9.37. The molecule has 0 bridgehead atoms. The molecule has 0 fully saturated rings. The van der Waals surface area contributed by atoms with E-state index in [0.29, 0.717) is 0 Å². The molecule has 0 rings (SSSR count). The van der Waals surface area contributed by atoms with Crippen molar-refractivity contribution in [2.45, 2.75) is 77.9 Å². The lowest BCUT2D eigenvalue weighted by molar-refractivity contribution is 0.674. The lowest BCUT2D eigenvalue weighted by Crippen LogP contribution is -2.28. The van der Waals surface area contributed by atoms with E-state index < -0.39 is 8.07 Å². The second-order valence-electron chi connectivity index (χ2n) is 4.67. The smallest absolute Gasteiger partial charge is 0.0766 e. The molecule has 0 aromatic rings. The zero-order valence-electron chi connectivity index (χ0n) is 11.3. The molecule has 0 aromatic carbocycles. The molecular weight excluding hydrogens is 196 g/mol. The maximum absolute atomic E-state index is 2.62. The topological polar surface area (TPSA) is 0 Å². The molecule has 90 valence electrons. The summed E-state index contributed by atoms with van der Waals surface area (Å²) in [4.78, 5) is 0. The second-order valence-corrected chi connectivity index (χ2v) is 9.85. The van der Waals surface area contributed by atoms with Crippen LogP contribution in [0.25, 0.3) is 0 Å². The van der Waals surface area contributed by atoms with E-state index in [1.54, 1.807) is 0 Å². The maximum atomic E-state index is 2.62. The Morgan fingerprint density at radius 2 is 1.40 bits per heavy atom. The quantitative estimate of drug-likeness (QED) is 0.356. The van der Waals surface area contributed by atoms with Crippen molar-refractivity contribution in [1.82, 2.24) is 0 Å². The lowest BCUT2D eigenvalue weighted by Gasteiger charge is -2.23. The van der Waals surface area contributed by atoms with Crippen LogP contribution in [-0.2, 0) is 0 Å². The van der Waals surface area contributed by atoms with Gasteiger partial charge in [0.05, 0.1) is 8.07 Å². The van der Waals surface area contributed by atoms with Crippen molar-refractivity contribution in [2.75, 3.05) is 0 Å². The third-order valence-electron chi connectivity index (χ3n) is 3.81. The fraction of sp³-hybridized carbons (Fsp3) is 0.857. The Bertz CT molecular complexity index is 148. The van der Waals surface area contributed by atoms with Gasteiger partial charge < -0.3 is 0 Å². The van der Waals surface area contributed by atoms with Gasteiger partial charge in [-0.05, 0) is 12.8 Å². The van der Waals surface area contributed by atoms with Crippen LogP contribution in [0.3, 0.4) is 0 Å². The highest BCUT2D eigenvalue weighted by Crippen LogP contribution is 2.21. The Morgan fingerprint density at radius 1 is 0.800 bits per heavy atom. The van der Waals surface area contributed by atoms with Gasteiger partial charge in [0.15, 0.2) is 0 Å². The van der Waals surface area contributed by atoms with Crippen molar-refractivity contribution in [2.24, 2.45) is 0 Å². The molecule has 0 spiro atoms. The van der Waals surface area contributed by atoms with Crippen LogP contribution < -0.4 is 0 Å². The van der Waals surface area contributed by atoms with Crippen LogP contribution in [-0.4, -0.2) is 8.07 Å². The largest absolute Gasteiger partial charge is 0.0981 e. The molecule has 0 aliphatic carbocycles. The normalized spacial score (nSPS) is 12.5. The van der Waals surface area contributed by atoms with Crippen LogP contribution in [0.5, 0.6) is 0 Å². The fourth-order valence-corrected chi connectivity index (χ4v) is 5.00. The summed E-state index contributed by atoms with van der Waals surface area (Å²) in [6, 6.07) is 4.27. The molecule has 0 heterocycles. The Morgan fingerprint density at radius 3 is 1.87 bits per heavy atom. The number of hydrogen-bond acceptors (Lipinski definition) is 0. The summed E-state index contributed by atoms with van der Waals surface area (Å²) in [5, 5.41) is 0. The SMILES string of the molecule is CCCCCCC=C[Si](CC)(CC)CC. The average molecular weight is 226 g/mol. The first kappa shape index (κ1) is 15.0. The highest BCUT2D eigenvalue weighted by atomic mass is 28.3. The van der Waals surface area contributed by atoms with Crippen molar-refractivity contribution < 1.29 is 0 Å². The first-order chi connectivity index (χ1) is 7.24. The first-order valence-corrected chi connectivity index (χ1v) is 9.62. The van der Waals surface area contributed by atoms with Crippen LogP contribution >= 0.6 is 0 Å². The zero-order chi connectivity index (χ0) is 11.6. The minimum absolute atomic E-state index is 0.966. The first-order valence-electron chi connectivity index (χ1n) is 6.92. The van der Waals surface area contributed by atoms with Gasteiger partial charge >= 0.3 is 0 Å². The summed E-state index contributed by atoms with van der Waals surface area (Å²) < 4.78 is 0. The van der Waals surface area contributed by atoms with Gasteiger partial charge in [-0.25, -0.2) is 0 Å². The van der Waals surface area contributed by atoms with Crippen LogP contribution in [0, 0.1) is 0 Å². The molecule has 0 saturated heterocycles. The second kappa shape index (κ2) is 9.20. The summed E-state index contributed by atoms with van der Waals surface area (Å²) in [5.74, 6) is 0. The average Bonchev–Trinajstić information content (AvgIpc) is 2.29. The van der Waals surface area contributed by atoms with Crippen molar-refractivity contribution >= 4 is 8.07 Å². The molecule has 0 radical (unpaired) electrons. The van der Waals surface area contributed by atoms with Gasteiger partial charge in [-0.2, -0.15) is 0 Å². The van der Waals surface area contributed by atoms with Crippen LogP contribution in [0.1, 0.15) is 59.8 Å². The summed E-state index contributed by atoms with van der Waals surface area (Å²) in [7, 11) is -0.966. The van der Waals surface area contributed by atoms with Gasteiger partial charge in [0.25, 0.3) is 0 Å². The van der Waals surface area contributed by atoms with Crippen molar-refractivity contribution in [3.8, 4) is 0 Å². The fourth-order valence-electron chi connectivity index (χ4n) is 2.13. The zero-order valence-corrected chi connectivity index (χ0v) is 12.3. The molecule has 0 saturated carbocycles. The molecule has 1 heteroatoms. The number of rotatable bonds is 9. The molecule has 0 N–H and O–H groups in total. The third kappa shape index (κ3) is 6.19. The highest BCUT2D eigenvalue weighted by Gasteiger charge is 2.22. The summed E-state index contributed by atoms with van der Waals surface area (Å²) >= 11 is 0. The van der Waals surface area contributed by atoms with E-state index in [0.717, 1.165) is 0 Å². The van der Waals surface area contributed by atoms with Gasteiger partial charge in [-0.1, -0.05) is 76.9 Å². The Balaban J connectivity index is 3.80. The van der Waals surface area contributed by atoms with E-state index in [-0.39, 0.29) is 0 Å². The molecule has 15 heavy (non-hydrogen) atoms. The van der Waals surface area contributed by atoms with Crippen LogP contribution in [0.15, 0.2) is 11.8 Å². The Hall–Kier alpha value is -0.0431. The molecular formula is C14H30Si. The Labute approximate surface area is 98.2 Å². The van der Waals surface area contributed by atoms with Gasteiger partial charge in [-0.3, -0.25) is 0 Å². The molecule has 0 atom stereocenters. The van der Waals surface area contributed by atoms with Crippen molar-refractivity contribution in [1.29, 1.82) is 0 Å². The van der Waals surface area contributed by atoms with E-state index in [9.17, 15) is 0 Å². The minimum atomic E-state index is -0.966. The van der Waals surface area contributed by atoms with E-state index in [4.69, 9.17) is 0 Å². The lowest BCUT2D eigenvalue weighted by atomic mass is 10.2. The van der Waals surface area contributed by atoms with E-state index in [1.807, 2.05) is 0 Å². The van der Waals surface area contributed by atoms with Gasteiger partial charge in [0.2, 0.25) is 0 Å². The van der Waals surface area contributed by atoms with E-state index >= 15 is 0 Å². The third-order valence-corrected chi connectivity index (χ3v) is 8.98. The molecule has 0 aromatic heterocycles. The molecule has 0 aliphatic rings. The standard InChI is InChI=1S/C14H30Si/c1-5-9-10-11-12-13-14-15(6-2,7-3)8-4/h13-14H,5-12H2,1-4H3. The minimum Gasteiger partial charge on any atom is -0.0981 e. The van der Waals surface area contributed by atoms with Crippen molar-refractivity contribution in [3.05, 3.63) is 11.8 Å². The predicted octanol–water partition coefficient (Wildman–Crippen LogP) is 5.56. The summed E-state index contributed by atoms with van der Waals surface area (Å²) in [6.45, 7) is 9.40. The Kier molecular flexibility index (Phi) is 9.18. The van der Waals surface area contributed by atoms with E-state index in [2.05, 4.69) is 39.5 Å². The number of unbranched alkanes of at least 4 members (excludes halogenated alkanes) is 4. The monoisotopic (exact) mass is 226 g/mol. The highest BCUT2D eigenvalue weighted by molar-refractivity contribution is 6.84. The van der Waals surface area contributed by atoms with Gasteiger partial charge in [0, 0.05) is 0 Å². The number of hydrogen-bond donors (Lipinski definition) is 0. The van der Waals surface area contributed by atoms with Crippen LogP contribution in [0.2, 0.25) is 18.1 Å². The molecule has 0 nitrogen and oxygen atoms in total. The van der Waals surface area contributed by atoms with Crippen molar-refractivity contribution in [3.63, 3.8) is 0 Å². The molecule has 0 aliphatic heterocycles. The molecule has 0 amide bonds. The van der Waals surface area contributed by atoms with E-state index in [1.165, 1.54) is 50.2 Å². The van der Waals surface area contributed by atoms with Crippen LogP contribution in [0.4, 0.5) is 0 Å². The number of allylic oxidation sites excluding steroid dienone is 1. The molecule has 0 unspecified atom stereocenters. The van der Waals surface area contributed by atoms with Gasteiger partial charge in [0.1, 0.15) is 0 Å². The maximum Gasteiger partial charge on any atom is 0.0766 e.